The van der Waals surface area contributed by atoms with Crippen molar-refractivity contribution in [2.24, 2.45) is 0 Å². The zero-order valence-electron chi connectivity index (χ0n) is 11.2. The summed E-state index contributed by atoms with van der Waals surface area (Å²) >= 11 is 0. The summed E-state index contributed by atoms with van der Waals surface area (Å²) in [5.41, 5.74) is -0.0760. The lowest BCUT2D eigenvalue weighted by Crippen LogP contribution is -2.51. The SMILES string of the molecule is CC1(C)CNCC(COCCCCCCO)O1. The van der Waals surface area contributed by atoms with Crippen molar-refractivity contribution in [1.29, 1.82) is 0 Å². The minimum atomic E-state index is -0.0760. The first-order valence-electron chi connectivity index (χ1n) is 6.71. The largest absolute Gasteiger partial charge is 0.396 e. The van der Waals surface area contributed by atoms with Crippen LogP contribution in [-0.2, 0) is 9.47 Å². The van der Waals surface area contributed by atoms with Gasteiger partial charge >= 0.3 is 0 Å². The van der Waals surface area contributed by atoms with Crippen LogP contribution in [0.2, 0.25) is 0 Å². The standard InChI is InChI=1S/C13H27NO3/c1-13(2)11-14-9-12(17-13)10-16-8-6-4-3-5-7-15/h12,14-15H,3-11H2,1-2H3. The number of aliphatic hydroxyl groups is 1. The summed E-state index contributed by atoms with van der Waals surface area (Å²) in [6, 6.07) is 0. The highest BCUT2D eigenvalue weighted by Crippen LogP contribution is 2.15. The van der Waals surface area contributed by atoms with Crippen molar-refractivity contribution in [2.75, 3.05) is 32.9 Å². The van der Waals surface area contributed by atoms with Gasteiger partial charge in [0, 0.05) is 26.3 Å². The van der Waals surface area contributed by atoms with Crippen LogP contribution in [0.15, 0.2) is 0 Å². The number of hydrogen-bond acceptors (Lipinski definition) is 4. The Morgan fingerprint density at radius 1 is 1.29 bits per heavy atom. The molecule has 0 aromatic rings. The third kappa shape index (κ3) is 6.99. The molecule has 0 aromatic carbocycles. The molecule has 17 heavy (non-hydrogen) atoms. The molecule has 2 N–H and O–H groups in total. The van der Waals surface area contributed by atoms with Gasteiger partial charge in [0.2, 0.25) is 0 Å². The minimum Gasteiger partial charge on any atom is -0.396 e. The summed E-state index contributed by atoms with van der Waals surface area (Å²) in [5, 5.41) is 12.0. The van der Waals surface area contributed by atoms with E-state index in [1.54, 1.807) is 0 Å². The van der Waals surface area contributed by atoms with Crippen molar-refractivity contribution in [3.8, 4) is 0 Å². The lowest BCUT2D eigenvalue weighted by molar-refractivity contribution is -0.120. The van der Waals surface area contributed by atoms with Crippen molar-refractivity contribution < 1.29 is 14.6 Å². The van der Waals surface area contributed by atoms with Crippen LogP contribution in [0.1, 0.15) is 39.5 Å². The molecule has 0 amide bonds. The molecule has 0 aromatic heterocycles. The molecular weight excluding hydrogens is 218 g/mol. The van der Waals surface area contributed by atoms with Gasteiger partial charge in [-0.2, -0.15) is 0 Å². The lowest BCUT2D eigenvalue weighted by Gasteiger charge is -2.36. The lowest BCUT2D eigenvalue weighted by atomic mass is 10.1. The minimum absolute atomic E-state index is 0.0760. The Bertz CT molecular complexity index is 197. The van der Waals surface area contributed by atoms with E-state index < -0.39 is 0 Å². The van der Waals surface area contributed by atoms with Crippen molar-refractivity contribution in [3.63, 3.8) is 0 Å². The molecule has 0 bridgehead atoms. The molecule has 1 unspecified atom stereocenters. The van der Waals surface area contributed by atoms with E-state index >= 15 is 0 Å². The smallest absolute Gasteiger partial charge is 0.0940 e. The quantitative estimate of drug-likeness (QED) is 0.633. The van der Waals surface area contributed by atoms with E-state index in [4.69, 9.17) is 14.6 Å². The summed E-state index contributed by atoms with van der Waals surface area (Å²) in [6.07, 6.45) is 4.38. The number of ether oxygens (including phenoxy) is 2. The van der Waals surface area contributed by atoms with Crippen molar-refractivity contribution in [2.45, 2.75) is 51.2 Å². The molecule has 1 aliphatic rings. The third-order valence-corrected chi connectivity index (χ3v) is 2.91. The van der Waals surface area contributed by atoms with Crippen LogP contribution in [0, 0.1) is 0 Å². The van der Waals surface area contributed by atoms with Gasteiger partial charge in [-0.15, -0.1) is 0 Å². The Labute approximate surface area is 105 Å². The predicted octanol–water partition coefficient (Wildman–Crippen LogP) is 1.32. The molecule has 0 aliphatic carbocycles. The zero-order chi connectivity index (χ0) is 12.6. The first-order valence-corrected chi connectivity index (χ1v) is 6.71. The summed E-state index contributed by atoms with van der Waals surface area (Å²) in [7, 11) is 0. The van der Waals surface area contributed by atoms with Crippen LogP contribution >= 0.6 is 0 Å². The third-order valence-electron chi connectivity index (χ3n) is 2.91. The molecule has 4 heteroatoms. The van der Waals surface area contributed by atoms with Crippen LogP contribution < -0.4 is 5.32 Å². The molecule has 1 saturated heterocycles. The molecule has 0 spiro atoms. The molecule has 1 heterocycles. The Hall–Kier alpha value is -0.160. The fourth-order valence-corrected chi connectivity index (χ4v) is 2.05. The second-order valence-electron chi connectivity index (χ2n) is 5.34. The highest BCUT2D eigenvalue weighted by Gasteiger charge is 2.28. The van der Waals surface area contributed by atoms with Gasteiger partial charge in [-0.05, 0) is 26.7 Å². The average molecular weight is 245 g/mol. The summed E-state index contributed by atoms with van der Waals surface area (Å²) in [4.78, 5) is 0. The normalized spacial score (nSPS) is 23.8. The molecule has 1 rings (SSSR count). The van der Waals surface area contributed by atoms with Gasteiger partial charge in [-0.25, -0.2) is 0 Å². The molecule has 0 radical (unpaired) electrons. The monoisotopic (exact) mass is 245 g/mol. The van der Waals surface area contributed by atoms with Gasteiger partial charge < -0.3 is 19.9 Å². The fourth-order valence-electron chi connectivity index (χ4n) is 2.05. The number of rotatable bonds is 8. The number of unbranched alkanes of at least 4 members (excludes halogenated alkanes) is 3. The Morgan fingerprint density at radius 3 is 2.76 bits per heavy atom. The second kappa shape index (κ2) is 8.03. The Balaban J connectivity index is 1.95. The highest BCUT2D eigenvalue weighted by molar-refractivity contribution is 4.81. The van der Waals surface area contributed by atoms with Crippen molar-refractivity contribution >= 4 is 0 Å². The van der Waals surface area contributed by atoms with E-state index in [1.165, 1.54) is 0 Å². The van der Waals surface area contributed by atoms with E-state index in [1.807, 2.05) is 0 Å². The summed E-state index contributed by atoms with van der Waals surface area (Å²) < 4.78 is 11.5. The maximum Gasteiger partial charge on any atom is 0.0940 e. The maximum absolute atomic E-state index is 8.63. The van der Waals surface area contributed by atoms with E-state index in [2.05, 4.69) is 19.2 Å². The van der Waals surface area contributed by atoms with Gasteiger partial charge in [0.25, 0.3) is 0 Å². The Morgan fingerprint density at radius 2 is 2.06 bits per heavy atom. The van der Waals surface area contributed by atoms with E-state index in [-0.39, 0.29) is 11.7 Å². The van der Waals surface area contributed by atoms with Crippen LogP contribution in [0.3, 0.4) is 0 Å². The summed E-state index contributed by atoms with van der Waals surface area (Å²) in [5.74, 6) is 0. The number of hydrogen-bond donors (Lipinski definition) is 2. The van der Waals surface area contributed by atoms with E-state index in [0.29, 0.717) is 13.2 Å². The van der Waals surface area contributed by atoms with Crippen LogP contribution in [0.4, 0.5) is 0 Å². The number of aliphatic hydroxyl groups excluding tert-OH is 1. The van der Waals surface area contributed by atoms with Crippen LogP contribution in [0.25, 0.3) is 0 Å². The molecular formula is C13H27NO3. The van der Waals surface area contributed by atoms with Gasteiger partial charge in [0.05, 0.1) is 18.3 Å². The topological polar surface area (TPSA) is 50.7 Å². The number of morpholine rings is 1. The highest BCUT2D eigenvalue weighted by atomic mass is 16.5. The maximum atomic E-state index is 8.63. The van der Waals surface area contributed by atoms with Gasteiger partial charge in [0.15, 0.2) is 0 Å². The molecule has 1 aliphatic heterocycles. The van der Waals surface area contributed by atoms with Crippen LogP contribution in [0.5, 0.6) is 0 Å². The fraction of sp³-hybridized carbons (Fsp3) is 1.00. The second-order valence-corrected chi connectivity index (χ2v) is 5.34. The predicted molar refractivity (Wildman–Crippen MR) is 68.2 cm³/mol. The van der Waals surface area contributed by atoms with Gasteiger partial charge in [0.1, 0.15) is 0 Å². The van der Waals surface area contributed by atoms with Crippen molar-refractivity contribution in [1.82, 2.24) is 5.32 Å². The summed E-state index contributed by atoms with van der Waals surface area (Å²) in [6.45, 7) is 7.76. The molecule has 102 valence electrons. The van der Waals surface area contributed by atoms with Gasteiger partial charge in [-0.1, -0.05) is 12.8 Å². The zero-order valence-corrected chi connectivity index (χ0v) is 11.2. The molecule has 0 saturated carbocycles. The van der Waals surface area contributed by atoms with Crippen LogP contribution in [-0.4, -0.2) is 49.7 Å². The van der Waals surface area contributed by atoms with Crippen molar-refractivity contribution in [3.05, 3.63) is 0 Å². The molecule has 1 atom stereocenters. The number of nitrogens with one attached hydrogen (secondary N) is 1. The Kier molecular flexibility index (Phi) is 7.04. The first-order chi connectivity index (χ1) is 8.14. The average Bonchev–Trinajstić information content (AvgIpc) is 2.27. The van der Waals surface area contributed by atoms with E-state index in [9.17, 15) is 0 Å². The van der Waals surface area contributed by atoms with Gasteiger partial charge in [-0.3, -0.25) is 0 Å². The molecule has 4 nitrogen and oxygen atoms in total. The van der Waals surface area contributed by atoms with E-state index in [0.717, 1.165) is 45.4 Å². The molecule has 1 fully saturated rings. The first kappa shape index (κ1) is 14.9.